The Bertz CT molecular complexity index is 3070. The molecule has 0 aliphatic carbocycles. The lowest BCUT2D eigenvalue weighted by Gasteiger charge is -2.23. The molecule has 0 saturated carbocycles. The summed E-state index contributed by atoms with van der Waals surface area (Å²) in [7, 11) is 0. The first kappa shape index (κ1) is 34.2. The van der Waals surface area contributed by atoms with Crippen molar-refractivity contribution in [1.82, 2.24) is 4.57 Å². The van der Waals surface area contributed by atoms with Gasteiger partial charge >= 0.3 is 0 Å². The van der Waals surface area contributed by atoms with Crippen molar-refractivity contribution in [2.75, 3.05) is 4.90 Å². The molecule has 2 heterocycles. The average Bonchev–Trinajstić information content (AvgIpc) is 3.75. The Kier molecular flexibility index (Phi) is 8.11. The maximum Gasteiger partial charge on any atom is 0.268 e. The average molecular weight is 743 g/mol. The third-order valence-electron chi connectivity index (χ3n) is 11.0. The van der Waals surface area contributed by atoms with Gasteiger partial charge in [-0.25, -0.2) is 4.90 Å². The molecule has 9 aromatic rings. The number of hydrogen-bond acceptors (Lipinski definition) is 4. The van der Waals surface area contributed by atoms with E-state index in [1.807, 2.05) is 164 Å². The van der Waals surface area contributed by atoms with Gasteiger partial charge in [-0.2, -0.15) is 10.5 Å². The number of amides is 2. The molecule has 1 aliphatic rings. The van der Waals surface area contributed by atoms with Crippen LogP contribution in [0, 0.1) is 22.7 Å². The van der Waals surface area contributed by atoms with E-state index in [9.17, 15) is 15.3 Å². The maximum atomic E-state index is 15.3. The molecule has 8 aromatic carbocycles. The molecule has 6 heteroatoms. The highest BCUT2D eigenvalue weighted by molar-refractivity contribution is 6.37. The summed E-state index contributed by atoms with van der Waals surface area (Å²) in [5, 5.41) is 21.9. The number of nitrogens with zero attached hydrogens (tertiary/aromatic N) is 4. The lowest BCUT2D eigenvalue weighted by Crippen LogP contribution is -2.30. The molecular weight excluding hydrogens is 713 g/mol. The molecule has 1 aromatic heterocycles. The van der Waals surface area contributed by atoms with Gasteiger partial charge in [-0.05, 0) is 69.8 Å². The normalized spacial score (nSPS) is 12.1. The number of aromatic nitrogens is 1. The van der Waals surface area contributed by atoms with Gasteiger partial charge in [-0.3, -0.25) is 9.59 Å². The van der Waals surface area contributed by atoms with Crippen LogP contribution in [-0.2, 0) is 0 Å². The molecule has 1 aliphatic heterocycles. The first-order chi connectivity index (χ1) is 28.6. The number of carbonyl (C=O) groups excluding carboxylic acids is 2. The highest BCUT2D eigenvalue weighted by Crippen LogP contribution is 2.45. The van der Waals surface area contributed by atoms with Crippen LogP contribution in [0.5, 0.6) is 0 Å². The second-order valence-corrected chi connectivity index (χ2v) is 14.2. The first-order valence-electron chi connectivity index (χ1n) is 18.9. The second-order valence-electron chi connectivity index (χ2n) is 14.2. The lowest BCUT2D eigenvalue weighted by molar-refractivity contribution is 0.0926. The Balaban J connectivity index is 1.25. The van der Waals surface area contributed by atoms with Crippen LogP contribution in [0.4, 0.5) is 5.69 Å². The van der Waals surface area contributed by atoms with Crippen molar-refractivity contribution >= 4 is 39.3 Å². The molecule has 6 nitrogen and oxygen atoms in total. The quantitative estimate of drug-likeness (QED) is 0.159. The van der Waals surface area contributed by atoms with Crippen molar-refractivity contribution in [3.05, 3.63) is 204 Å². The minimum Gasteiger partial charge on any atom is -0.308 e. The lowest BCUT2D eigenvalue weighted by atomic mass is 9.95. The molecule has 0 radical (unpaired) electrons. The number of benzene rings is 8. The van der Waals surface area contributed by atoms with Crippen LogP contribution in [0.3, 0.4) is 0 Å². The zero-order chi connectivity index (χ0) is 39.3. The Morgan fingerprint density at radius 2 is 0.845 bits per heavy atom. The molecule has 0 unspecified atom stereocenters. The summed E-state index contributed by atoms with van der Waals surface area (Å²) >= 11 is 0. The fraction of sp³-hybridized carbons (Fsp3) is 0. The van der Waals surface area contributed by atoms with Gasteiger partial charge in [0.1, 0.15) is 0 Å². The molecule has 58 heavy (non-hydrogen) atoms. The van der Waals surface area contributed by atoms with Gasteiger partial charge < -0.3 is 4.57 Å². The predicted octanol–water partition coefficient (Wildman–Crippen LogP) is 12.0. The number of fused-ring (bicyclic) bond motifs is 4. The van der Waals surface area contributed by atoms with Crippen LogP contribution in [0.25, 0.3) is 72.0 Å². The minimum atomic E-state index is -0.428. The number of hydrogen-bond donors (Lipinski definition) is 0. The molecule has 0 spiro atoms. The molecule has 270 valence electrons. The number of anilines is 1. The van der Waals surface area contributed by atoms with Crippen LogP contribution in [0.15, 0.2) is 182 Å². The van der Waals surface area contributed by atoms with Crippen molar-refractivity contribution in [2.24, 2.45) is 0 Å². The van der Waals surface area contributed by atoms with Crippen LogP contribution in [-0.4, -0.2) is 16.4 Å². The summed E-state index contributed by atoms with van der Waals surface area (Å²) in [5.74, 6) is -0.835. The summed E-state index contributed by atoms with van der Waals surface area (Å²) in [6.45, 7) is 0. The van der Waals surface area contributed by atoms with E-state index in [4.69, 9.17) is 0 Å². The Morgan fingerprint density at radius 3 is 1.36 bits per heavy atom. The first-order valence-corrected chi connectivity index (χ1v) is 18.9. The van der Waals surface area contributed by atoms with Crippen molar-refractivity contribution < 1.29 is 9.59 Å². The van der Waals surface area contributed by atoms with E-state index in [-0.39, 0.29) is 0 Å². The molecule has 0 bridgehead atoms. The third kappa shape index (κ3) is 5.33. The zero-order valence-corrected chi connectivity index (χ0v) is 30.9. The van der Waals surface area contributed by atoms with Crippen LogP contribution >= 0.6 is 0 Å². The van der Waals surface area contributed by atoms with Crippen molar-refractivity contribution in [1.29, 1.82) is 10.5 Å². The highest BCUT2D eigenvalue weighted by atomic mass is 16.2. The monoisotopic (exact) mass is 742 g/mol. The van der Waals surface area contributed by atoms with E-state index in [0.717, 1.165) is 66.3 Å². The summed E-state index contributed by atoms with van der Waals surface area (Å²) in [6, 6.07) is 62.8. The van der Waals surface area contributed by atoms with Crippen LogP contribution in [0.2, 0.25) is 0 Å². The molecule has 0 saturated heterocycles. The van der Waals surface area contributed by atoms with Crippen molar-refractivity contribution in [2.45, 2.75) is 0 Å². The Labute approximate surface area is 334 Å². The molecule has 0 fully saturated rings. The minimum absolute atomic E-state index is 0.291. The van der Waals surface area contributed by atoms with E-state index in [1.54, 1.807) is 18.2 Å². The van der Waals surface area contributed by atoms with Gasteiger partial charge in [0.25, 0.3) is 11.8 Å². The number of nitriles is 2. The standard InChI is InChI=1S/C52H30N4O2/c53-31-37-17-7-9-19-39(37)35-25-27-43-44-28-26-36(40-20-10-8-18-38(40)32-54)30-48(44)55(47(43)29-35)46-24-12-23-45-49(46)52(58)56(51(45)57)50-41(33-13-3-1-4-14-33)21-11-22-42(50)34-15-5-2-6-16-34/h1-30H. The summed E-state index contributed by atoms with van der Waals surface area (Å²) < 4.78 is 2.05. The van der Waals surface area contributed by atoms with Crippen LogP contribution < -0.4 is 4.90 Å². The van der Waals surface area contributed by atoms with Gasteiger partial charge in [-0.1, -0.05) is 146 Å². The van der Waals surface area contributed by atoms with Gasteiger partial charge in [0, 0.05) is 21.9 Å². The largest absolute Gasteiger partial charge is 0.308 e. The smallest absolute Gasteiger partial charge is 0.268 e. The van der Waals surface area contributed by atoms with Crippen LogP contribution in [0.1, 0.15) is 31.8 Å². The Morgan fingerprint density at radius 1 is 0.397 bits per heavy atom. The van der Waals surface area contributed by atoms with E-state index in [1.165, 1.54) is 4.90 Å². The van der Waals surface area contributed by atoms with E-state index in [2.05, 4.69) is 16.7 Å². The molecular formula is C52H30N4O2. The highest BCUT2D eigenvalue weighted by Gasteiger charge is 2.41. The van der Waals surface area contributed by atoms with Crippen molar-refractivity contribution in [3.8, 4) is 62.3 Å². The zero-order valence-electron chi connectivity index (χ0n) is 30.9. The molecule has 2 amide bonds. The second kappa shape index (κ2) is 13.8. The number of carbonyl (C=O) groups is 2. The van der Waals surface area contributed by atoms with Gasteiger partial charge in [0.05, 0.1) is 56.8 Å². The van der Waals surface area contributed by atoms with Gasteiger partial charge in [0.15, 0.2) is 0 Å². The Hall–Kier alpha value is -8.32. The summed E-state index contributed by atoms with van der Waals surface area (Å²) in [6.07, 6.45) is 0. The topological polar surface area (TPSA) is 89.9 Å². The van der Waals surface area contributed by atoms with E-state index in [0.29, 0.717) is 33.6 Å². The fourth-order valence-corrected chi connectivity index (χ4v) is 8.42. The van der Waals surface area contributed by atoms with E-state index >= 15 is 4.79 Å². The number of para-hydroxylation sites is 1. The maximum absolute atomic E-state index is 15.3. The van der Waals surface area contributed by atoms with Gasteiger partial charge in [0.2, 0.25) is 0 Å². The third-order valence-corrected chi connectivity index (χ3v) is 11.0. The number of imide groups is 1. The van der Waals surface area contributed by atoms with Crippen molar-refractivity contribution in [3.63, 3.8) is 0 Å². The number of rotatable bonds is 6. The molecule has 0 atom stereocenters. The summed E-state index contributed by atoms with van der Waals surface area (Å²) in [5.41, 5.74) is 10.9. The predicted molar refractivity (Wildman–Crippen MR) is 230 cm³/mol. The van der Waals surface area contributed by atoms with E-state index < -0.39 is 11.8 Å². The molecule has 0 N–H and O–H groups in total. The SMILES string of the molecule is N#Cc1ccccc1-c1ccc2c3ccc(-c4ccccc4C#N)cc3n(-c3cccc4c3C(=O)N(c3c(-c5ccccc5)cccc3-c3ccccc3)C4=O)c2c1. The summed E-state index contributed by atoms with van der Waals surface area (Å²) in [4.78, 5) is 31.5. The van der Waals surface area contributed by atoms with Gasteiger partial charge in [-0.15, -0.1) is 0 Å². The molecule has 10 rings (SSSR count). The fourth-order valence-electron chi connectivity index (χ4n) is 8.42.